The first-order chi connectivity index (χ1) is 9.49. The Morgan fingerprint density at radius 3 is 2.35 bits per heavy atom. The lowest BCUT2D eigenvalue weighted by molar-refractivity contribution is -0.141. The second kappa shape index (κ2) is 7.93. The monoisotopic (exact) mass is 278 g/mol. The molecule has 3 N–H and O–H groups in total. The third kappa shape index (κ3) is 5.99. The number of carbonyl (C=O) groups excluding carboxylic acids is 2. The molecule has 0 bridgehead atoms. The van der Waals surface area contributed by atoms with Crippen LogP contribution in [0.3, 0.4) is 0 Å². The summed E-state index contributed by atoms with van der Waals surface area (Å²) in [5.41, 5.74) is 0.866. The number of carboxylic acids is 1. The minimum atomic E-state index is -0.974. The van der Waals surface area contributed by atoms with Crippen LogP contribution >= 0.6 is 0 Å². The van der Waals surface area contributed by atoms with Crippen LogP contribution in [-0.4, -0.2) is 36.0 Å². The zero-order valence-electron chi connectivity index (χ0n) is 11.3. The van der Waals surface area contributed by atoms with Gasteiger partial charge in [-0.2, -0.15) is 0 Å². The Hall–Kier alpha value is -2.37. The SMILES string of the molecule is CC(CNC(=O)CNC(=O)Cc1ccccc1)C(=O)O. The van der Waals surface area contributed by atoms with Gasteiger partial charge in [0.15, 0.2) is 0 Å². The lowest BCUT2D eigenvalue weighted by atomic mass is 10.1. The standard InChI is InChI=1S/C14H18N2O4/c1-10(14(19)20)8-15-13(18)9-16-12(17)7-11-5-3-2-4-6-11/h2-6,10H,7-9H2,1H3,(H,15,18)(H,16,17)(H,19,20). The number of carboxylic acid groups (broad SMARTS) is 1. The summed E-state index contributed by atoms with van der Waals surface area (Å²) in [6, 6.07) is 9.19. The highest BCUT2D eigenvalue weighted by atomic mass is 16.4. The maximum absolute atomic E-state index is 11.6. The van der Waals surface area contributed by atoms with Crippen LogP contribution in [-0.2, 0) is 20.8 Å². The smallest absolute Gasteiger partial charge is 0.308 e. The molecule has 0 heterocycles. The maximum Gasteiger partial charge on any atom is 0.308 e. The summed E-state index contributed by atoms with van der Waals surface area (Å²) in [6.07, 6.45) is 0.208. The van der Waals surface area contributed by atoms with Gasteiger partial charge in [0.25, 0.3) is 0 Å². The second-order valence-electron chi connectivity index (χ2n) is 4.48. The quantitative estimate of drug-likeness (QED) is 0.663. The molecule has 0 aliphatic carbocycles. The maximum atomic E-state index is 11.6. The van der Waals surface area contributed by atoms with Crippen molar-refractivity contribution in [1.82, 2.24) is 10.6 Å². The molecule has 0 aromatic heterocycles. The van der Waals surface area contributed by atoms with E-state index in [1.54, 1.807) is 0 Å². The van der Waals surface area contributed by atoms with Crippen LogP contribution in [0, 0.1) is 5.92 Å². The summed E-state index contributed by atoms with van der Waals surface area (Å²) >= 11 is 0. The van der Waals surface area contributed by atoms with E-state index in [4.69, 9.17) is 5.11 Å². The Labute approximate surface area is 117 Å². The fraction of sp³-hybridized carbons (Fsp3) is 0.357. The predicted octanol–water partition coefficient (Wildman–Crippen LogP) is 0.182. The Morgan fingerprint density at radius 2 is 1.75 bits per heavy atom. The summed E-state index contributed by atoms with van der Waals surface area (Å²) in [6.45, 7) is 1.39. The van der Waals surface area contributed by atoms with E-state index in [0.29, 0.717) is 0 Å². The normalized spacial score (nSPS) is 11.4. The molecular formula is C14H18N2O4. The number of hydrogen-bond acceptors (Lipinski definition) is 3. The number of amides is 2. The van der Waals surface area contributed by atoms with E-state index in [0.717, 1.165) is 5.56 Å². The highest BCUT2D eigenvalue weighted by molar-refractivity contribution is 5.85. The molecular weight excluding hydrogens is 260 g/mol. The number of nitrogens with one attached hydrogen (secondary N) is 2. The summed E-state index contributed by atoms with van der Waals surface area (Å²) in [4.78, 5) is 33.5. The summed E-state index contributed by atoms with van der Waals surface area (Å²) < 4.78 is 0. The zero-order valence-corrected chi connectivity index (χ0v) is 11.3. The van der Waals surface area contributed by atoms with Gasteiger partial charge in [0.1, 0.15) is 0 Å². The van der Waals surface area contributed by atoms with Gasteiger partial charge in [-0.05, 0) is 5.56 Å². The molecule has 0 saturated heterocycles. The zero-order chi connectivity index (χ0) is 15.0. The first-order valence-electron chi connectivity index (χ1n) is 6.29. The van der Waals surface area contributed by atoms with Crippen LogP contribution in [0.25, 0.3) is 0 Å². The minimum absolute atomic E-state index is 0.0444. The fourth-order valence-corrected chi connectivity index (χ4v) is 1.44. The van der Waals surface area contributed by atoms with Crippen molar-refractivity contribution in [2.45, 2.75) is 13.3 Å². The van der Waals surface area contributed by atoms with Gasteiger partial charge in [-0.25, -0.2) is 0 Å². The predicted molar refractivity (Wildman–Crippen MR) is 73.0 cm³/mol. The van der Waals surface area contributed by atoms with E-state index in [2.05, 4.69) is 10.6 Å². The van der Waals surface area contributed by atoms with Crippen LogP contribution in [0.15, 0.2) is 30.3 Å². The van der Waals surface area contributed by atoms with Crippen LogP contribution < -0.4 is 10.6 Å². The Balaban J connectivity index is 2.24. The molecule has 1 unspecified atom stereocenters. The van der Waals surface area contributed by atoms with Gasteiger partial charge in [-0.1, -0.05) is 37.3 Å². The summed E-state index contributed by atoms with van der Waals surface area (Å²) in [5, 5.41) is 13.6. The molecule has 0 spiro atoms. The van der Waals surface area contributed by atoms with Gasteiger partial charge in [0.05, 0.1) is 18.9 Å². The topological polar surface area (TPSA) is 95.5 Å². The molecule has 0 aliphatic heterocycles. The highest BCUT2D eigenvalue weighted by Crippen LogP contribution is 1.98. The average molecular weight is 278 g/mol. The number of carbonyl (C=O) groups is 3. The van der Waals surface area contributed by atoms with E-state index in [-0.39, 0.29) is 25.4 Å². The minimum Gasteiger partial charge on any atom is -0.481 e. The molecule has 1 rings (SSSR count). The molecule has 20 heavy (non-hydrogen) atoms. The Bertz CT molecular complexity index is 473. The molecule has 1 aromatic rings. The largest absolute Gasteiger partial charge is 0.481 e. The second-order valence-corrected chi connectivity index (χ2v) is 4.48. The van der Waals surface area contributed by atoms with Crippen molar-refractivity contribution < 1.29 is 19.5 Å². The van der Waals surface area contributed by atoms with Gasteiger partial charge in [0, 0.05) is 6.54 Å². The Kier molecular flexibility index (Phi) is 6.22. The van der Waals surface area contributed by atoms with Crippen LogP contribution in [0.5, 0.6) is 0 Å². The van der Waals surface area contributed by atoms with Crippen LogP contribution in [0.4, 0.5) is 0 Å². The number of hydrogen-bond donors (Lipinski definition) is 3. The van der Waals surface area contributed by atoms with Crippen molar-refractivity contribution in [1.29, 1.82) is 0 Å². The van der Waals surface area contributed by atoms with Crippen molar-refractivity contribution >= 4 is 17.8 Å². The first-order valence-corrected chi connectivity index (χ1v) is 6.29. The van der Waals surface area contributed by atoms with Crippen molar-refractivity contribution in [2.75, 3.05) is 13.1 Å². The van der Waals surface area contributed by atoms with Gasteiger partial charge in [-0.15, -0.1) is 0 Å². The molecule has 2 amide bonds. The van der Waals surface area contributed by atoms with Crippen molar-refractivity contribution in [3.63, 3.8) is 0 Å². The lowest BCUT2D eigenvalue weighted by Crippen LogP contribution is -2.40. The molecule has 6 nitrogen and oxygen atoms in total. The third-order valence-corrected chi connectivity index (χ3v) is 2.68. The van der Waals surface area contributed by atoms with Crippen LogP contribution in [0.2, 0.25) is 0 Å². The van der Waals surface area contributed by atoms with Gasteiger partial charge in [-0.3, -0.25) is 14.4 Å². The first kappa shape index (κ1) is 15.7. The van der Waals surface area contributed by atoms with E-state index in [9.17, 15) is 14.4 Å². The lowest BCUT2D eigenvalue weighted by Gasteiger charge is -2.09. The highest BCUT2D eigenvalue weighted by Gasteiger charge is 2.12. The number of rotatable bonds is 7. The van der Waals surface area contributed by atoms with Crippen LogP contribution in [0.1, 0.15) is 12.5 Å². The summed E-state index contributed by atoms with van der Waals surface area (Å²) in [7, 11) is 0. The summed E-state index contributed by atoms with van der Waals surface area (Å²) in [5.74, 6) is -2.28. The molecule has 0 aliphatic rings. The van der Waals surface area contributed by atoms with Crippen molar-refractivity contribution in [2.24, 2.45) is 5.92 Å². The molecule has 1 aromatic carbocycles. The molecule has 0 saturated carbocycles. The van der Waals surface area contributed by atoms with E-state index < -0.39 is 17.8 Å². The van der Waals surface area contributed by atoms with Gasteiger partial charge < -0.3 is 15.7 Å². The Morgan fingerprint density at radius 1 is 1.10 bits per heavy atom. The van der Waals surface area contributed by atoms with E-state index >= 15 is 0 Å². The van der Waals surface area contributed by atoms with E-state index in [1.165, 1.54) is 6.92 Å². The fourth-order valence-electron chi connectivity index (χ4n) is 1.44. The van der Waals surface area contributed by atoms with E-state index in [1.807, 2.05) is 30.3 Å². The molecule has 108 valence electrons. The van der Waals surface area contributed by atoms with Crippen molar-refractivity contribution in [3.05, 3.63) is 35.9 Å². The molecule has 1 atom stereocenters. The molecule has 0 radical (unpaired) electrons. The van der Waals surface area contributed by atoms with Gasteiger partial charge >= 0.3 is 5.97 Å². The average Bonchev–Trinajstić information content (AvgIpc) is 2.43. The van der Waals surface area contributed by atoms with Crippen molar-refractivity contribution in [3.8, 4) is 0 Å². The molecule has 6 heteroatoms. The number of benzene rings is 1. The van der Waals surface area contributed by atoms with Gasteiger partial charge in [0.2, 0.25) is 11.8 Å². The molecule has 0 fully saturated rings. The third-order valence-electron chi connectivity index (χ3n) is 2.68. The number of aliphatic carboxylic acids is 1.